The number of amides is 2. The zero-order valence-corrected chi connectivity index (χ0v) is 19.6. The number of piperidine rings is 1. The Hall–Kier alpha value is -3.26. The molecular weight excluding hydrogens is 406 g/mol. The van der Waals surface area contributed by atoms with Crippen LogP contribution in [-0.4, -0.2) is 58.1 Å². The highest BCUT2D eigenvalue weighted by Gasteiger charge is 2.44. The van der Waals surface area contributed by atoms with E-state index in [2.05, 4.69) is 6.07 Å². The number of nitrogens with zero attached hydrogens (tertiary/aromatic N) is 5. The van der Waals surface area contributed by atoms with Crippen molar-refractivity contribution in [2.24, 2.45) is 12.5 Å². The first-order valence-electron chi connectivity index (χ1n) is 10.9. The topological polar surface area (TPSA) is 102 Å². The smallest absolute Gasteiger partial charge is 0.410 e. The van der Waals surface area contributed by atoms with Gasteiger partial charge in [0.25, 0.3) is 5.91 Å². The van der Waals surface area contributed by atoms with Crippen LogP contribution < -0.4 is 0 Å². The van der Waals surface area contributed by atoms with Crippen LogP contribution in [0.3, 0.4) is 0 Å². The lowest BCUT2D eigenvalue weighted by atomic mass is 9.77. The second-order valence-electron chi connectivity index (χ2n) is 9.86. The van der Waals surface area contributed by atoms with Gasteiger partial charge in [-0.3, -0.25) is 4.79 Å². The van der Waals surface area contributed by atoms with E-state index in [0.29, 0.717) is 37.4 Å². The number of rotatable bonds is 2. The number of hydrogen-bond acceptors (Lipinski definition) is 5. The van der Waals surface area contributed by atoms with Crippen molar-refractivity contribution in [3.8, 4) is 12.1 Å². The van der Waals surface area contributed by atoms with Crippen LogP contribution in [0.2, 0.25) is 0 Å². The maximum absolute atomic E-state index is 13.0. The molecule has 0 atom stereocenters. The molecule has 2 fully saturated rings. The number of aromatic nitrogens is 1. The number of carbonyl (C=O) groups is 2. The third-order valence-electron chi connectivity index (χ3n) is 6.54. The summed E-state index contributed by atoms with van der Waals surface area (Å²) in [6.45, 7) is 9.85. The van der Waals surface area contributed by atoms with Gasteiger partial charge in [-0.05, 0) is 70.1 Å². The Morgan fingerprint density at radius 2 is 1.72 bits per heavy atom. The van der Waals surface area contributed by atoms with Crippen LogP contribution in [0.25, 0.3) is 6.08 Å². The molecule has 0 aromatic carbocycles. The first kappa shape index (κ1) is 23.4. The van der Waals surface area contributed by atoms with Gasteiger partial charge in [0.15, 0.2) is 0 Å². The van der Waals surface area contributed by atoms with Crippen molar-refractivity contribution in [3.05, 3.63) is 28.6 Å². The Morgan fingerprint density at radius 3 is 2.22 bits per heavy atom. The van der Waals surface area contributed by atoms with Crippen molar-refractivity contribution < 1.29 is 14.3 Å². The van der Waals surface area contributed by atoms with Gasteiger partial charge in [-0.15, -0.1) is 0 Å². The van der Waals surface area contributed by atoms with Gasteiger partial charge in [0, 0.05) is 38.9 Å². The third-order valence-corrected chi connectivity index (χ3v) is 6.54. The summed E-state index contributed by atoms with van der Waals surface area (Å²) < 4.78 is 7.25. The van der Waals surface area contributed by atoms with Crippen molar-refractivity contribution >= 4 is 18.1 Å². The lowest BCUT2D eigenvalue weighted by Crippen LogP contribution is -2.45. The Labute approximate surface area is 189 Å². The van der Waals surface area contributed by atoms with Crippen LogP contribution in [-0.2, 0) is 16.6 Å². The van der Waals surface area contributed by atoms with Gasteiger partial charge in [0.2, 0.25) is 0 Å². The predicted octanol–water partition coefficient (Wildman–Crippen LogP) is 3.36. The summed E-state index contributed by atoms with van der Waals surface area (Å²) in [5.41, 5.74) is 1.56. The number of likely N-dealkylation sites (tertiary alicyclic amines) is 2. The molecule has 2 aliphatic heterocycles. The highest BCUT2D eigenvalue weighted by atomic mass is 16.6. The standard InChI is InChI=1S/C24H31N5O3/c1-17-18(13-20(15-26)27(17)5)12-19(14-25)21(30)28-9-6-24(7-10-28)8-11-29(16-24)22(31)32-23(2,3)4/h12-13H,6-11,16H2,1-5H3. The van der Waals surface area contributed by atoms with E-state index in [9.17, 15) is 20.1 Å². The van der Waals surface area contributed by atoms with Crippen molar-refractivity contribution in [1.29, 1.82) is 10.5 Å². The minimum atomic E-state index is -0.520. The van der Waals surface area contributed by atoms with Crippen molar-refractivity contribution in [2.75, 3.05) is 26.2 Å². The third kappa shape index (κ3) is 4.80. The monoisotopic (exact) mass is 437 g/mol. The van der Waals surface area contributed by atoms with E-state index < -0.39 is 5.60 Å². The van der Waals surface area contributed by atoms with E-state index in [0.717, 1.165) is 25.0 Å². The quantitative estimate of drug-likeness (QED) is 0.521. The fraction of sp³-hybridized carbons (Fsp3) is 0.583. The second kappa shape index (κ2) is 8.70. The van der Waals surface area contributed by atoms with Crippen LogP contribution in [0, 0.1) is 35.0 Å². The molecule has 8 heteroatoms. The summed E-state index contributed by atoms with van der Waals surface area (Å²) in [5.74, 6) is -0.286. The first-order chi connectivity index (χ1) is 15.0. The Kier molecular flexibility index (Phi) is 6.37. The summed E-state index contributed by atoms with van der Waals surface area (Å²) in [4.78, 5) is 28.9. The Balaban J connectivity index is 1.65. The minimum Gasteiger partial charge on any atom is -0.444 e. The molecule has 3 heterocycles. The second-order valence-corrected chi connectivity index (χ2v) is 9.86. The molecule has 0 aliphatic carbocycles. The molecule has 8 nitrogen and oxygen atoms in total. The Bertz CT molecular complexity index is 1020. The molecule has 1 aromatic rings. The minimum absolute atomic E-state index is 0.00190. The maximum atomic E-state index is 13.0. The van der Waals surface area contributed by atoms with Gasteiger partial charge in [0.05, 0.1) is 0 Å². The van der Waals surface area contributed by atoms with Crippen molar-refractivity contribution in [3.63, 3.8) is 0 Å². The van der Waals surface area contributed by atoms with Crippen molar-refractivity contribution in [2.45, 2.75) is 52.6 Å². The normalized spacial score (nSPS) is 18.4. The SMILES string of the molecule is Cc1c(C=C(C#N)C(=O)N2CCC3(CCN(C(=O)OC(C)(C)C)C3)CC2)cc(C#N)n1C. The highest BCUT2D eigenvalue weighted by Crippen LogP contribution is 2.41. The van der Waals surface area contributed by atoms with E-state index in [1.807, 2.05) is 33.8 Å². The largest absolute Gasteiger partial charge is 0.444 e. The van der Waals surface area contributed by atoms with Gasteiger partial charge in [-0.2, -0.15) is 10.5 Å². The Morgan fingerprint density at radius 1 is 1.12 bits per heavy atom. The molecule has 0 radical (unpaired) electrons. The van der Waals surface area contributed by atoms with Gasteiger partial charge in [-0.1, -0.05) is 0 Å². The molecular formula is C24H31N5O3. The van der Waals surface area contributed by atoms with Gasteiger partial charge >= 0.3 is 6.09 Å². The maximum Gasteiger partial charge on any atom is 0.410 e. The molecule has 0 N–H and O–H groups in total. The summed E-state index contributed by atoms with van der Waals surface area (Å²) in [6.07, 6.45) is 3.77. The van der Waals surface area contributed by atoms with E-state index in [1.165, 1.54) is 0 Å². The number of hydrogen-bond donors (Lipinski definition) is 0. The highest BCUT2D eigenvalue weighted by molar-refractivity contribution is 6.01. The molecule has 2 amide bonds. The molecule has 1 aromatic heterocycles. The average molecular weight is 438 g/mol. The zero-order valence-electron chi connectivity index (χ0n) is 19.6. The molecule has 1 spiro atoms. The van der Waals surface area contributed by atoms with Crippen LogP contribution >= 0.6 is 0 Å². The lowest BCUT2D eigenvalue weighted by Gasteiger charge is -2.39. The van der Waals surface area contributed by atoms with E-state index in [4.69, 9.17) is 4.74 Å². The van der Waals surface area contributed by atoms with Crippen molar-refractivity contribution in [1.82, 2.24) is 14.4 Å². The number of carbonyl (C=O) groups excluding carboxylic acids is 2. The van der Waals surface area contributed by atoms with Crippen LogP contribution in [0.4, 0.5) is 4.79 Å². The summed E-state index contributed by atoms with van der Waals surface area (Å²) in [7, 11) is 1.78. The van der Waals surface area contributed by atoms with E-state index in [-0.39, 0.29) is 23.0 Å². The fourth-order valence-electron chi connectivity index (χ4n) is 4.45. The molecule has 0 saturated carbocycles. The first-order valence-corrected chi connectivity index (χ1v) is 10.9. The molecule has 2 aliphatic rings. The summed E-state index contributed by atoms with van der Waals surface area (Å²) >= 11 is 0. The lowest BCUT2D eigenvalue weighted by molar-refractivity contribution is -0.128. The van der Waals surface area contributed by atoms with Gasteiger partial charge in [-0.25, -0.2) is 4.79 Å². The van der Waals surface area contributed by atoms with E-state index in [1.54, 1.807) is 33.6 Å². The number of ether oxygens (including phenoxy) is 1. The van der Waals surface area contributed by atoms with Gasteiger partial charge in [0.1, 0.15) is 29.0 Å². The van der Waals surface area contributed by atoms with Crippen LogP contribution in [0.1, 0.15) is 57.0 Å². The summed E-state index contributed by atoms with van der Waals surface area (Å²) in [5, 5.41) is 18.8. The predicted molar refractivity (Wildman–Crippen MR) is 119 cm³/mol. The average Bonchev–Trinajstić information content (AvgIpc) is 3.27. The molecule has 32 heavy (non-hydrogen) atoms. The van der Waals surface area contributed by atoms with Crippen LogP contribution in [0.5, 0.6) is 0 Å². The summed E-state index contributed by atoms with van der Waals surface area (Å²) in [6, 6.07) is 5.83. The number of nitriles is 2. The molecule has 170 valence electrons. The molecule has 2 saturated heterocycles. The molecule has 0 bridgehead atoms. The molecule has 0 unspecified atom stereocenters. The van der Waals surface area contributed by atoms with Gasteiger partial charge < -0.3 is 19.1 Å². The van der Waals surface area contributed by atoms with Crippen LogP contribution in [0.15, 0.2) is 11.6 Å². The fourth-order valence-corrected chi connectivity index (χ4v) is 4.45. The zero-order chi connectivity index (χ0) is 23.7. The molecule has 3 rings (SSSR count). The van der Waals surface area contributed by atoms with E-state index >= 15 is 0 Å².